The maximum absolute atomic E-state index is 11.5. The molecule has 0 radical (unpaired) electrons. The Morgan fingerprint density at radius 3 is 2.70 bits per heavy atom. The second-order valence-corrected chi connectivity index (χ2v) is 7.52. The zero-order valence-corrected chi connectivity index (χ0v) is 12.6. The van der Waals surface area contributed by atoms with Crippen molar-refractivity contribution >= 4 is 32.7 Å². The van der Waals surface area contributed by atoms with E-state index in [2.05, 4.69) is 4.98 Å². The average Bonchev–Trinajstić information content (AvgIpc) is 2.80. The summed E-state index contributed by atoms with van der Waals surface area (Å²) in [5.74, 6) is 0.842. The van der Waals surface area contributed by atoms with Gasteiger partial charge < -0.3 is 4.42 Å². The molecule has 1 aliphatic rings. The molecule has 0 unspecified atom stereocenters. The first kappa shape index (κ1) is 13.9. The Balaban J connectivity index is 1.80. The summed E-state index contributed by atoms with van der Waals surface area (Å²) in [4.78, 5) is 4.47. The molecule has 0 amide bonds. The lowest BCUT2D eigenvalue weighted by Crippen LogP contribution is -2.37. The summed E-state index contributed by atoms with van der Waals surface area (Å²) in [6.45, 7) is 1.03. The fourth-order valence-electron chi connectivity index (χ4n) is 2.53. The van der Waals surface area contributed by atoms with Crippen LogP contribution in [0.2, 0.25) is 5.02 Å². The van der Waals surface area contributed by atoms with Gasteiger partial charge in [-0.3, -0.25) is 0 Å². The third kappa shape index (κ3) is 2.68. The van der Waals surface area contributed by atoms with Crippen LogP contribution in [0.1, 0.15) is 24.7 Å². The number of sulfonamides is 1. The van der Waals surface area contributed by atoms with Crippen molar-refractivity contribution in [3.8, 4) is 0 Å². The van der Waals surface area contributed by atoms with Crippen LogP contribution in [0.15, 0.2) is 22.6 Å². The lowest BCUT2D eigenvalue weighted by Gasteiger charge is -2.28. The van der Waals surface area contributed by atoms with E-state index in [1.807, 2.05) is 0 Å². The SMILES string of the molecule is CS(=O)(=O)N1CCC(c2nc3cc(Cl)ccc3o2)CC1. The van der Waals surface area contributed by atoms with E-state index < -0.39 is 10.0 Å². The van der Waals surface area contributed by atoms with Crippen molar-refractivity contribution in [2.45, 2.75) is 18.8 Å². The highest BCUT2D eigenvalue weighted by Gasteiger charge is 2.28. The smallest absolute Gasteiger partial charge is 0.211 e. The third-order valence-corrected chi connectivity index (χ3v) is 5.18. The van der Waals surface area contributed by atoms with Gasteiger partial charge in [0.1, 0.15) is 5.52 Å². The first-order chi connectivity index (χ1) is 9.43. The number of hydrogen-bond donors (Lipinski definition) is 0. The van der Waals surface area contributed by atoms with Crippen molar-refractivity contribution in [3.63, 3.8) is 0 Å². The van der Waals surface area contributed by atoms with Gasteiger partial charge in [0.05, 0.1) is 6.26 Å². The minimum atomic E-state index is -3.10. The zero-order valence-electron chi connectivity index (χ0n) is 11.0. The first-order valence-corrected chi connectivity index (χ1v) is 8.67. The molecule has 0 aliphatic carbocycles. The number of piperidine rings is 1. The summed E-state index contributed by atoms with van der Waals surface area (Å²) in [5, 5.41) is 0.629. The quantitative estimate of drug-likeness (QED) is 0.854. The van der Waals surface area contributed by atoms with E-state index >= 15 is 0 Å². The van der Waals surface area contributed by atoms with Crippen LogP contribution in [0.5, 0.6) is 0 Å². The molecule has 0 saturated carbocycles. The van der Waals surface area contributed by atoms with Crippen molar-refractivity contribution in [3.05, 3.63) is 29.1 Å². The number of aromatic nitrogens is 1. The van der Waals surface area contributed by atoms with Crippen LogP contribution in [0, 0.1) is 0 Å². The summed E-state index contributed by atoms with van der Waals surface area (Å²) in [6, 6.07) is 5.35. The van der Waals surface area contributed by atoms with Gasteiger partial charge in [0.15, 0.2) is 11.5 Å². The normalized spacial score (nSPS) is 18.7. The molecule has 0 N–H and O–H groups in total. The van der Waals surface area contributed by atoms with Crippen molar-refractivity contribution in [1.29, 1.82) is 0 Å². The maximum atomic E-state index is 11.5. The van der Waals surface area contributed by atoms with Crippen LogP contribution in [0.3, 0.4) is 0 Å². The molecule has 1 aromatic carbocycles. The van der Waals surface area contributed by atoms with Gasteiger partial charge in [-0.1, -0.05) is 11.6 Å². The molecule has 0 spiro atoms. The molecule has 108 valence electrons. The third-order valence-electron chi connectivity index (χ3n) is 3.64. The van der Waals surface area contributed by atoms with Crippen molar-refractivity contribution < 1.29 is 12.8 Å². The van der Waals surface area contributed by atoms with Crippen LogP contribution in [0.4, 0.5) is 0 Å². The molecule has 0 atom stereocenters. The van der Waals surface area contributed by atoms with Gasteiger partial charge >= 0.3 is 0 Å². The lowest BCUT2D eigenvalue weighted by atomic mass is 9.98. The minimum absolute atomic E-state index is 0.166. The number of nitrogens with zero attached hydrogens (tertiary/aromatic N) is 2. The lowest BCUT2D eigenvalue weighted by molar-refractivity contribution is 0.295. The summed E-state index contributed by atoms with van der Waals surface area (Å²) in [6.07, 6.45) is 2.70. The molecular formula is C13H15ClN2O3S. The average molecular weight is 315 g/mol. The fraction of sp³-hybridized carbons (Fsp3) is 0.462. The Bertz CT molecular complexity index is 733. The monoisotopic (exact) mass is 314 g/mol. The molecular weight excluding hydrogens is 300 g/mol. The summed E-state index contributed by atoms with van der Waals surface area (Å²) in [7, 11) is -3.10. The van der Waals surface area contributed by atoms with Crippen LogP contribution in [-0.2, 0) is 10.0 Å². The Morgan fingerprint density at radius 1 is 1.35 bits per heavy atom. The first-order valence-electron chi connectivity index (χ1n) is 6.44. The Labute approximate surface area is 122 Å². The molecule has 7 heteroatoms. The van der Waals surface area contributed by atoms with Gasteiger partial charge in [-0.25, -0.2) is 17.7 Å². The van der Waals surface area contributed by atoms with Crippen LogP contribution >= 0.6 is 11.6 Å². The van der Waals surface area contributed by atoms with E-state index in [0.717, 1.165) is 23.9 Å². The van der Waals surface area contributed by atoms with Gasteiger partial charge in [-0.15, -0.1) is 0 Å². The molecule has 2 aromatic rings. The minimum Gasteiger partial charge on any atom is -0.440 e. The second-order valence-electron chi connectivity index (χ2n) is 5.10. The molecule has 1 aliphatic heterocycles. The van der Waals surface area contributed by atoms with E-state index in [0.29, 0.717) is 24.0 Å². The highest BCUT2D eigenvalue weighted by Crippen LogP contribution is 2.31. The van der Waals surface area contributed by atoms with Gasteiger partial charge in [-0.2, -0.15) is 0 Å². The van der Waals surface area contributed by atoms with Gasteiger partial charge in [0, 0.05) is 24.0 Å². The molecule has 5 nitrogen and oxygen atoms in total. The fourth-order valence-corrected chi connectivity index (χ4v) is 3.57. The van der Waals surface area contributed by atoms with Crippen molar-refractivity contribution in [1.82, 2.24) is 9.29 Å². The van der Waals surface area contributed by atoms with E-state index in [9.17, 15) is 8.42 Å². The highest BCUT2D eigenvalue weighted by molar-refractivity contribution is 7.88. The van der Waals surface area contributed by atoms with E-state index in [1.165, 1.54) is 10.6 Å². The standard InChI is InChI=1S/C13H15ClN2O3S/c1-20(17,18)16-6-4-9(5-7-16)13-15-11-8-10(14)2-3-12(11)19-13/h2-3,8-9H,4-7H2,1H3. The second kappa shape index (κ2) is 5.02. The van der Waals surface area contributed by atoms with Crippen LogP contribution in [0.25, 0.3) is 11.1 Å². The van der Waals surface area contributed by atoms with Gasteiger partial charge in [0.25, 0.3) is 0 Å². The number of oxazole rings is 1. The molecule has 2 heterocycles. The summed E-state index contributed by atoms with van der Waals surface area (Å²) >= 11 is 5.93. The van der Waals surface area contributed by atoms with Crippen LogP contribution in [-0.4, -0.2) is 37.1 Å². The van der Waals surface area contributed by atoms with E-state index in [-0.39, 0.29) is 5.92 Å². The topological polar surface area (TPSA) is 63.4 Å². The maximum Gasteiger partial charge on any atom is 0.211 e. The number of halogens is 1. The van der Waals surface area contributed by atoms with E-state index in [1.54, 1.807) is 18.2 Å². The van der Waals surface area contributed by atoms with Crippen molar-refractivity contribution in [2.24, 2.45) is 0 Å². The number of fused-ring (bicyclic) bond motifs is 1. The van der Waals surface area contributed by atoms with Gasteiger partial charge in [-0.05, 0) is 31.0 Å². The Kier molecular flexibility index (Phi) is 3.48. The predicted molar refractivity (Wildman–Crippen MR) is 77.4 cm³/mol. The van der Waals surface area contributed by atoms with Gasteiger partial charge in [0.2, 0.25) is 10.0 Å². The van der Waals surface area contributed by atoms with E-state index in [4.69, 9.17) is 16.0 Å². The van der Waals surface area contributed by atoms with Crippen molar-refractivity contribution in [2.75, 3.05) is 19.3 Å². The largest absolute Gasteiger partial charge is 0.440 e. The molecule has 1 saturated heterocycles. The zero-order chi connectivity index (χ0) is 14.3. The Morgan fingerprint density at radius 2 is 2.05 bits per heavy atom. The molecule has 20 heavy (non-hydrogen) atoms. The molecule has 1 aromatic heterocycles. The summed E-state index contributed by atoms with van der Waals surface area (Å²) in [5.41, 5.74) is 1.47. The summed E-state index contributed by atoms with van der Waals surface area (Å²) < 4.78 is 30.2. The molecule has 0 bridgehead atoms. The Hall–Kier alpha value is -1.11. The number of benzene rings is 1. The molecule has 1 fully saturated rings. The highest BCUT2D eigenvalue weighted by atomic mass is 35.5. The van der Waals surface area contributed by atoms with Crippen LogP contribution < -0.4 is 0 Å². The molecule has 3 rings (SSSR count). The number of rotatable bonds is 2. The predicted octanol–water partition coefficient (Wildman–Crippen LogP) is 2.62. The number of hydrogen-bond acceptors (Lipinski definition) is 4.